The van der Waals surface area contributed by atoms with Crippen LogP contribution in [0.4, 0.5) is 0 Å². The second kappa shape index (κ2) is 6.18. The molecule has 3 heterocycles. The molecule has 0 bridgehead atoms. The molecular formula is C16H20N4O. The van der Waals surface area contributed by atoms with Crippen molar-refractivity contribution in [1.82, 2.24) is 19.9 Å². The largest absolute Gasteiger partial charge is 0.311 e. The smallest absolute Gasteiger partial charge is 0.251 e. The molecule has 1 aliphatic heterocycles. The van der Waals surface area contributed by atoms with Crippen LogP contribution in [0, 0.1) is 6.92 Å². The molecule has 1 fully saturated rings. The monoisotopic (exact) mass is 284 g/mol. The third-order valence-electron chi connectivity index (χ3n) is 3.96. The Labute approximate surface area is 124 Å². The van der Waals surface area contributed by atoms with Crippen molar-refractivity contribution in [2.75, 3.05) is 13.1 Å². The highest BCUT2D eigenvalue weighted by Gasteiger charge is 2.22. The molecule has 0 spiro atoms. The van der Waals surface area contributed by atoms with Crippen molar-refractivity contribution >= 4 is 0 Å². The highest BCUT2D eigenvalue weighted by atomic mass is 16.1. The first kappa shape index (κ1) is 13.9. The lowest BCUT2D eigenvalue weighted by Gasteiger charge is -2.32. The maximum atomic E-state index is 11.6. The van der Waals surface area contributed by atoms with Gasteiger partial charge in [0.15, 0.2) is 0 Å². The molecule has 3 rings (SSSR count). The molecule has 1 saturated heterocycles. The van der Waals surface area contributed by atoms with Gasteiger partial charge >= 0.3 is 0 Å². The second-order valence-electron chi connectivity index (χ2n) is 5.69. The first-order valence-electron chi connectivity index (χ1n) is 7.40. The summed E-state index contributed by atoms with van der Waals surface area (Å²) in [5.74, 6) is 1.05. The highest BCUT2D eigenvalue weighted by molar-refractivity contribution is 5.12. The number of aromatic amines is 1. The minimum absolute atomic E-state index is 0.0521. The van der Waals surface area contributed by atoms with Crippen LogP contribution in [0.5, 0.6) is 0 Å². The third-order valence-corrected chi connectivity index (χ3v) is 3.96. The van der Waals surface area contributed by atoms with Crippen LogP contribution in [0.3, 0.4) is 0 Å². The van der Waals surface area contributed by atoms with Gasteiger partial charge in [0.1, 0.15) is 5.82 Å². The van der Waals surface area contributed by atoms with E-state index < -0.39 is 0 Å². The number of H-pyrrole nitrogens is 1. The van der Waals surface area contributed by atoms with Gasteiger partial charge in [-0.1, -0.05) is 0 Å². The van der Waals surface area contributed by atoms with Gasteiger partial charge in [-0.2, -0.15) is 0 Å². The quantitative estimate of drug-likeness (QED) is 0.934. The van der Waals surface area contributed by atoms with E-state index in [0.717, 1.165) is 38.2 Å². The maximum absolute atomic E-state index is 11.6. The fraction of sp³-hybridized carbons (Fsp3) is 0.438. The van der Waals surface area contributed by atoms with Crippen LogP contribution in [-0.2, 0) is 6.54 Å². The average Bonchev–Trinajstić information content (AvgIpc) is 2.47. The number of rotatable bonds is 3. The van der Waals surface area contributed by atoms with Crippen LogP contribution in [0.15, 0.2) is 35.4 Å². The summed E-state index contributed by atoms with van der Waals surface area (Å²) < 4.78 is 0. The fourth-order valence-corrected chi connectivity index (χ4v) is 3.00. The van der Waals surface area contributed by atoms with Crippen molar-refractivity contribution in [3.05, 3.63) is 58.0 Å². The Morgan fingerprint density at radius 3 is 2.95 bits per heavy atom. The van der Waals surface area contributed by atoms with Crippen molar-refractivity contribution in [2.45, 2.75) is 32.2 Å². The van der Waals surface area contributed by atoms with Crippen molar-refractivity contribution < 1.29 is 0 Å². The van der Waals surface area contributed by atoms with Crippen LogP contribution >= 0.6 is 0 Å². The summed E-state index contributed by atoms with van der Waals surface area (Å²) >= 11 is 0. The molecule has 1 unspecified atom stereocenters. The van der Waals surface area contributed by atoms with Gasteiger partial charge in [-0.05, 0) is 44.0 Å². The van der Waals surface area contributed by atoms with Crippen LogP contribution < -0.4 is 5.56 Å². The number of nitrogens with one attached hydrogen (secondary N) is 1. The van der Waals surface area contributed by atoms with Gasteiger partial charge in [0.05, 0.1) is 5.69 Å². The fourth-order valence-electron chi connectivity index (χ4n) is 3.00. The molecule has 1 atom stereocenters. The van der Waals surface area contributed by atoms with Crippen LogP contribution in [0.1, 0.15) is 35.8 Å². The van der Waals surface area contributed by atoms with E-state index in [-0.39, 0.29) is 5.56 Å². The molecule has 21 heavy (non-hydrogen) atoms. The molecule has 2 aromatic heterocycles. The summed E-state index contributed by atoms with van der Waals surface area (Å²) in [6.07, 6.45) is 5.91. The number of pyridine rings is 1. The van der Waals surface area contributed by atoms with E-state index in [1.165, 1.54) is 5.56 Å². The summed E-state index contributed by atoms with van der Waals surface area (Å²) in [5.41, 5.74) is 2.15. The molecule has 5 nitrogen and oxygen atoms in total. The van der Waals surface area contributed by atoms with E-state index in [1.807, 2.05) is 19.3 Å². The molecule has 1 N–H and O–H groups in total. The number of nitrogens with zero attached hydrogens (tertiary/aromatic N) is 3. The SMILES string of the molecule is Cc1nc(C2CCCN(Cc3ccncc3)C2)cc(=O)[nH]1. The minimum atomic E-state index is -0.0521. The molecule has 2 aromatic rings. The highest BCUT2D eigenvalue weighted by Crippen LogP contribution is 2.25. The van der Waals surface area contributed by atoms with E-state index in [2.05, 4.69) is 32.0 Å². The molecule has 5 heteroatoms. The minimum Gasteiger partial charge on any atom is -0.311 e. The molecule has 1 aliphatic rings. The lowest BCUT2D eigenvalue weighted by Crippen LogP contribution is -2.34. The Kier molecular flexibility index (Phi) is 4.10. The Morgan fingerprint density at radius 2 is 2.19 bits per heavy atom. The van der Waals surface area contributed by atoms with Crippen LogP contribution in [0.2, 0.25) is 0 Å². The Balaban J connectivity index is 1.72. The number of hydrogen-bond acceptors (Lipinski definition) is 4. The second-order valence-corrected chi connectivity index (χ2v) is 5.69. The number of piperidine rings is 1. The zero-order valence-electron chi connectivity index (χ0n) is 12.2. The van der Waals surface area contributed by atoms with E-state index >= 15 is 0 Å². The topological polar surface area (TPSA) is 61.9 Å². The normalized spacial score (nSPS) is 19.6. The lowest BCUT2D eigenvalue weighted by molar-refractivity contribution is 0.198. The van der Waals surface area contributed by atoms with E-state index in [9.17, 15) is 4.79 Å². The molecule has 0 amide bonds. The van der Waals surface area contributed by atoms with Gasteiger partial charge in [-0.15, -0.1) is 0 Å². The van der Waals surface area contributed by atoms with E-state index in [4.69, 9.17) is 0 Å². The predicted molar refractivity (Wildman–Crippen MR) is 81.1 cm³/mol. The Bertz CT molecular complexity index is 653. The maximum Gasteiger partial charge on any atom is 0.251 e. The molecule has 0 aromatic carbocycles. The number of aromatic nitrogens is 3. The van der Waals surface area contributed by atoms with Crippen molar-refractivity contribution in [1.29, 1.82) is 0 Å². The average molecular weight is 284 g/mol. The van der Waals surface area contributed by atoms with Crippen molar-refractivity contribution in [3.63, 3.8) is 0 Å². The Morgan fingerprint density at radius 1 is 1.38 bits per heavy atom. The number of hydrogen-bond donors (Lipinski definition) is 1. The predicted octanol–water partition coefficient (Wildman–Crippen LogP) is 1.85. The summed E-state index contributed by atoms with van der Waals surface area (Å²) in [4.78, 5) is 25.3. The van der Waals surface area contributed by atoms with Crippen LogP contribution in [0.25, 0.3) is 0 Å². The van der Waals surface area contributed by atoms with E-state index in [0.29, 0.717) is 11.7 Å². The van der Waals surface area contributed by atoms with Gasteiger partial charge in [-0.25, -0.2) is 4.98 Å². The van der Waals surface area contributed by atoms with Gasteiger partial charge in [0.2, 0.25) is 0 Å². The number of aryl methyl sites for hydroxylation is 1. The molecule has 0 radical (unpaired) electrons. The third kappa shape index (κ3) is 3.55. The molecular weight excluding hydrogens is 264 g/mol. The molecule has 110 valence electrons. The van der Waals surface area contributed by atoms with Gasteiger partial charge < -0.3 is 4.98 Å². The van der Waals surface area contributed by atoms with E-state index in [1.54, 1.807) is 6.07 Å². The summed E-state index contributed by atoms with van der Waals surface area (Å²) in [7, 11) is 0. The van der Waals surface area contributed by atoms with Crippen LogP contribution in [-0.4, -0.2) is 32.9 Å². The summed E-state index contributed by atoms with van der Waals surface area (Å²) in [5, 5.41) is 0. The zero-order chi connectivity index (χ0) is 14.7. The van der Waals surface area contributed by atoms with Gasteiger partial charge in [-0.3, -0.25) is 14.7 Å². The zero-order valence-corrected chi connectivity index (χ0v) is 12.2. The lowest BCUT2D eigenvalue weighted by atomic mass is 9.94. The number of likely N-dealkylation sites (tertiary alicyclic amines) is 1. The summed E-state index contributed by atoms with van der Waals surface area (Å²) in [6, 6.07) is 5.76. The first-order chi connectivity index (χ1) is 10.2. The van der Waals surface area contributed by atoms with Gasteiger partial charge in [0, 0.05) is 37.5 Å². The first-order valence-corrected chi connectivity index (χ1v) is 7.40. The summed E-state index contributed by atoms with van der Waals surface area (Å²) in [6.45, 7) is 4.82. The van der Waals surface area contributed by atoms with Crippen molar-refractivity contribution in [2.24, 2.45) is 0 Å². The molecule has 0 aliphatic carbocycles. The van der Waals surface area contributed by atoms with Gasteiger partial charge in [0.25, 0.3) is 5.56 Å². The van der Waals surface area contributed by atoms with Crippen molar-refractivity contribution in [3.8, 4) is 0 Å². The Hall–Kier alpha value is -2.01. The standard InChI is InChI=1S/C16H20N4O/c1-12-18-15(9-16(21)19-12)14-3-2-8-20(11-14)10-13-4-6-17-7-5-13/h4-7,9,14H,2-3,8,10-11H2,1H3,(H,18,19,21). The molecule has 0 saturated carbocycles.